The van der Waals surface area contributed by atoms with E-state index in [1.807, 2.05) is 12.1 Å². The van der Waals surface area contributed by atoms with Crippen molar-refractivity contribution in [3.63, 3.8) is 0 Å². The van der Waals surface area contributed by atoms with E-state index in [4.69, 9.17) is 9.47 Å². The molecule has 0 saturated carbocycles. The fraction of sp³-hybridized carbons (Fsp3) is 0.172. The predicted octanol–water partition coefficient (Wildman–Crippen LogP) is 7.98. The zero-order valence-corrected chi connectivity index (χ0v) is 21.7. The molecule has 0 unspecified atom stereocenters. The molecule has 1 aliphatic carbocycles. The summed E-state index contributed by atoms with van der Waals surface area (Å²) in [6.07, 6.45) is 1.67. The normalized spacial score (nSPS) is 13.3. The van der Waals surface area contributed by atoms with Gasteiger partial charge in [-0.3, -0.25) is 0 Å². The lowest BCUT2D eigenvalue weighted by Gasteiger charge is -2.34. The molecule has 0 aliphatic heterocycles. The molecule has 0 bridgehead atoms. The number of methoxy groups -OCH3 is 2. The van der Waals surface area contributed by atoms with Crippen molar-refractivity contribution in [3.05, 3.63) is 116 Å². The average molecular weight is 564 g/mol. The van der Waals surface area contributed by atoms with Crippen molar-refractivity contribution in [2.45, 2.75) is 18.3 Å². The SMILES string of the molecule is COc1ccc(Br)c(CC2(Cc3cc(OC)ccc3Br)c3ccccc3-c3ccccc32)c1. The third kappa shape index (κ3) is 3.89. The number of rotatable bonds is 6. The fourth-order valence-electron chi connectivity index (χ4n) is 5.14. The van der Waals surface area contributed by atoms with E-state index >= 15 is 0 Å². The molecule has 0 N–H and O–H groups in total. The van der Waals surface area contributed by atoms with Crippen LogP contribution in [0.25, 0.3) is 11.1 Å². The molecule has 0 spiro atoms. The maximum Gasteiger partial charge on any atom is 0.119 e. The van der Waals surface area contributed by atoms with Crippen molar-refractivity contribution in [1.82, 2.24) is 0 Å². The molecule has 0 atom stereocenters. The number of hydrogen-bond acceptors (Lipinski definition) is 2. The number of fused-ring (bicyclic) bond motifs is 3. The minimum atomic E-state index is -0.239. The first kappa shape index (κ1) is 22.2. The van der Waals surface area contributed by atoms with Gasteiger partial charge in [0.1, 0.15) is 11.5 Å². The first-order valence-electron chi connectivity index (χ1n) is 10.9. The fourth-order valence-corrected chi connectivity index (χ4v) is 5.91. The lowest BCUT2D eigenvalue weighted by Crippen LogP contribution is -2.31. The highest BCUT2D eigenvalue weighted by molar-refractivity contribution is 9.10. The van der Waals surface area contributed by atoms with Gasteiger partial charge >= 0.3 is 0 Å². The average Bonchev–Trinajstić information content (AvgIpc) is 3.12. The van der Waals surface area contributed by atoms with Gasteiger partial charge in [-0.05, 0) is 82.6 Å². The molecule has 4 heteroatoms. The molecule has 33 heavy (non-hydrogen) atoms. The van der Waals surface area contributed by atoms with Gasteiger partial charge in [0.2, 0.25) is 0 Å². The first-order chi connectivity index (χ1) is 16.1. The van der Waals surface area contributed by atoms with Crippen LogP contribution >= 0.6 is 31.9 Å². The van der Waals surface area contributed by atoms with E-state index in [1.165, 1.54) is 33.4 Å². The molecule has 166 valence electrons. The number of ether oxygens (including phenoxy) is 2. The molecule has 2 nitrogen and oxygen atoms in total. The Kier molecular flexibility index (Phi) is 6.07. The van der Waals surface area contributed by atoms with Crippen LogP contribution in [-0.2, 0) is 18.3 Å². The van der Waals surface area contributed by atoms with Gasteiger partial charge in [0.05, 0.1) is 14.2 Å². The molecule has 0 radical (unpaired) electrons. The van der Waals surface area contributed by atoms with Crippen molar-refractivity contribution in [1.29, 1.82) is 0 Å². The molecule has 4 aromatic rings. The Hall–Kier alpha value is -2.56. The summed E-state index contributed by atoms with van der Waals surface area (Å²) in [5, 5.41) is 0. The van der Waals surface area contributed by atoms with Crippen LogP contribution in [-0.4, -0.2) is 14.2 Å². The molecule has 0 amide bonds. The highest BCUT2D eigenvalue weighted by Gasteiger charge is 2.43. The summed E-state index contributed by atoms with van der Waals surface area (Å²) in [6.45, 7) is 0. The van der Waals surface area contributed by atoms with E-state index in [-0.39, 0.29) is 5.41 Å². The second-order valence-electron chi connectivity index (χ2n) is 8.44. The second-order valence-corrected chi connectivity index (χ2v) is 10.2. The first-order valence-corrected chi connectivity index (χ1v) is 12.5. The van der Waals surface area contributed by atoms with Gasteiger partial charge in [-0.1, -0.05) is 80.4 Å². The molecule has 0 heterocycles. The van der Waals surface area contributed by atoms with Crippen molar-refractivity contribution in [3.8, 4) is 22.6 Å². The lowest BCUT2D eigenvalue weighted by molar-refractivity contribution is 0.412. The van der Waals surface area contributed by atoms with E-state index in [0.29, 0.717) is 0 Å². The van der Waals surface area contributed by atoms with E-state index in [2.05, 4.69) is 105 Å². The van der Waals surface area contributed by atoms with E-state index in [9.17, 15) is 0 Å². The molecule has 0 saturated heterocycles. The monoisotopic (exact) mass is 562 g/mol. The highest BCUT2D eigenvalue weighted by atomic mass is 79.9. The number of halogens is 2. The maximum absolute atomic E-state index is 5.57. The third-order valence-corrected chi connectivity index (χ3v) is 8.21. The number of benzene rings is 4. The van der Waals surface area contributed by atoms with Crippen molar-refractivity contribution in [2.24, 2.45) is 0 Å². The predicted molar refractivity (Wildman–Crippen MR) is 141 cm³/mol. The lowest BCUT2D eigenvalue weighted by atomic mass is 9.69. The van der Waals surface area contributed by atoms with Crippen LogP contribution in [0.15, 0.2) is 93.9 Å². The van der Waals surface area contributed by atoms with Crippen LogP contribution in [0.2, 0.25) is 0 Å². The maximum atomic E-state index is 5.57. The molecular formula is C29H24Br2O2. The molecule has 0 aromatic heterocycles. The minimum Gasteiger partial charge on any atom is -0.497 e. The topological polar surface area (TPSA) is 18.5 Å². The van der Waals surface area contributed by atoms with Gasteiger partial charge in [-0.25, -0.2) is 0 Å². The molecule has 5 rings (SSSR count). The summed E-state index contributed by atoms with van der Waals surface area (Å²) in [5.41, 5.74) is 7.54. The van der Waals surface area contributed by atoms with Gasteiger partial charge < -0.3 is 9.47 Å². The summed E-state index contributed by atoms with van der Waals surface area (Å²) >= 11 is 7.62. The van der Waals surface area contributed by atoms with E-state index < -0.39 is 0 Å². The summed E-state index contributed by atoms with van der Waals surface area (Å²) in [5.74, 6) is 1.73. The van der Waals surface area contributed by atoms with Crippen LogP contribution in [0.5, 0.6) is 11.5 Å². The summed E-state index contributed by atoms with van der Waals surface area (Å²) < 4.78 is 13.3. The van der Waals surface area contributed by atoms with Crippen LogP contribution < -0.4 is 9.47 Å². The number of hydrogen-bond donors (Lipinski definition) is 0. The second kappa shape index (κ2) is 9.00. The summed E-state index contributed by atoms with van der Waals surface area (Å²) in [7, 11) is 3.44. The van der Waals surface area contributed by atoms with Crippen molar-refractivity contribution in [2.75, 3.05) is 14.2 Å². The van der Waals surface area contributed by atoms with E-state index in [0.717, 1.165) is 33.3 Å². The van der Waals surface area contributed by atoms with Gasteiger partial charge in [0.15, 0.2) is 0 Å². The summed E-state index contributed by atoms with van der Waals surface area (Å²) in [6, 6.07) is 30.1. The smallest absolute Gasteiger partial charge is 0.119 e. The van der Waals surface area contributed by atoms with Gasteiger partial charge in [0.25, 0.3) is 0 Å². The molecule has 1 aliphatic rings. The van der Waals surface area contributed by atoms with Crippen LogP contribution in [0, 0.1) is 0 Å². The zero-order valence-electron chi connectivity index (χ0n) is 18.6. The van der Waals surface area contributed by atoms with Gasteiger partial charge in [-0.2, -0.15) is 0 Å². The Labute approximate surface area is 211 Å². The zero-order chi connectivity index (χ0) is 23.0. The Morgan fingerprint density at radius 3 is 1.45 bits per heavy atom. The van der Waals surface area contributed by atoms with Crippen molar-refractivity contribution >= 4 is 31.9 Å². The van der Waals surface area contributed by atoms with Gasteiger partial charge in [-0.15, -0.1) is 0 Å². The van der Waals surface area contributed by atoms with Gasteiger partial charge in [0, 0.05) is 14.4 Å². The molecule has 0 fully saturated rings. The standard InChI is InChI=1S/C29H24Br2O2/c1-32-21-11-13-27(30)19(15-21)17-29(18-20-16-22(33-2)12-14-28(20)31)25-9-5-3-7-23(25)24-8-4-6-10-26(24)29/h3-16H,17-18H2,1-2H3. The Bertz CT molecular complexity index is 1230. The quantitative estimate of drug-likeness (QED) is 0.237. The molecule has 4 aromatic carbocycles. The van der Waals surface area contributed by atoms with Crippen molar-refractivity contribution < 1.29 is 9.47 Å². The van der Waals surface area contributed by atoms with Crippen LogP contribution in [0.1, 0.15) is 22.3 Å². The summed E-state index contributed by atoms with van der Waals surface area (Å²) in [4.78, 5) is 0. The minimum absolute atomic E-state index is 0.239. The largest absolute Gasteiger partial charge is 0.497 e. The third-order valence-electron chi connectivity index (χ3n) is 6.67. The van der Waals surface area contributed by atoms with E-state index in [1.54, 1.807) is 14.2 Å². The Balaban J connectivity index is 1.76. The van der Waals surface area contributed by atoms with Crippen LogP contribution in [0.4, 0.5) is 0 Å². The van der Waals surface area contributed by atoms with Crippen LogP contribution in [0.3, 0.4) is 0 Å². The Morgan fingerprint density at radius 1 is 0.606 bits per heavy atom. The molecular weight excluding hydrogens is 540 g/mol. The Morgan fingerprint density at radius 2 is 1.03 bits per heavy atom. The highest BCUT2D eigenvalue weighted by Crippen LogP contribution is 2.53.